The van der Waals surface area contributed by atoms with Gasteiger partial charge in [-0.05, 0) is 32.4 Å². The second-order valence-electron chi connectivity index (χ2n) is 5.70. The molecule has 0 aliphatic carbocycles. The molecule has 0 fully saturated rings. The summed E-state index contributed by atoms with van der Waals surface area (Å²) in [5, 5.41) is 6.37. The maximum Gasteiger partial charge on any atom is 0.286 e. The number of sulfonamides is 1. The van der Waals surface area contributed by atoms with Crippen molar-refractivity contribution in [3.8, 4) is 0 Å². The number of benzene rings is 1. The average Bonchev–Trinajstić information content (AvgIpc) is 2.84. The first-order valence-electron chi connectivity index (χ1n) is 7.79. The summed E-state index contributed by atoms with van der Waals surface area (Å²) in [6, 6.07) is 6.63. The van der Waals surface area contributed by atoms with Gasteiger partial charge in [-0.15, -0.1) is 15.7 Å². The van der Waals surface area contributed by atoms with Crippen molar-refractivity contribution in [2.75, 3.05) is 10.6 Å². The predicted octanol–water partition coefficient (Wildman–Crippen LogP) is 3.08. The molecule has 1 amide bonds. The zero-order valence-electron chi connectivity index (χ0n) is 13.9. The molecular weight excluding hydrogens is 360 g/mol. The van der Waals surface area contributed by atoms with E-state index in [2.05, 4.69) is 20.0 Å². The van der Waals surface area contributed by atoms with E-state index in [1.54, 1.807) is 18.2 Å². The van der Waals surface area contributed by atoms with Crippen LogP contribution in [0.25, 0.3) is 0 Å². The van der Waals surface area contributed by atoms with Crippen molar-refractivity contribution in [2.45, 2.75) is 38.0 Å². The summed E-state index contributed by atoms with van der Waals surface area (Å²) in [4.78, 5) is 17.5. The van der Waals surface area contributed by atoms with Crippen molar-refractivity contribution >= 4 is 43.9 Å². The number of rotatable bonds is 5. The summed E-state index contributed by atoms with van der Waals surface area (Å²) < 4.78 is 28.1. The third-order valence-electron chi connectivity index (χ3n) is 3.77. The molecule has 0 unspecified atom stereocenters. The van der Waals surface area contributed by atoms with E-state index >= 15 is 0 Å². The zero-order chi connectivity index (χ0) is 18.0. The number of aromatic nitrogens is 1. The first-order chi connectivity index (χ1) is 11.8. The number of carbonyl (C=O) groups excluding carboxylic acids is 1. The number of para-hydroxylation sites is 1. The number of amides is 1. The molecule has 0 atom stereocenters. The van der Waals surface area contributed by atoms with Gasteiger partial charge >= 0.3 is 0 Å². The molecule has 132 valence electrons. The number of nitrogens with one attached hydrogen (secondary N) is 2. The molecule has 25 heavy (non-hydrogen) atoms. The molecule has 3 rings (SSSR count). The van der Waals surface area contributed by atoms with E-state index in [1.165, 1.54) is 17.4 Å². The third-order valence-corrected chi connectivity index (χ3v) is 6.13. The zero-order valence-corrected chi connectivity index (χ0v) is 15.5. The van der Waals surface area contributed by atoms with Crippen LogP contribution in [-0.4, -0.2) is 25.1 Å². The molecule has 2 heterocycles. The van der Waals surface area contributed by atoms with Crippen LogP contribution >= 0.6 is 11.3 Å². The summed E-state index contributed by atoms with van der Waals surface area (Å²) in [6.45, 7) is 3.85. The van der Waals surface area contributed by atoms with Crippen molar-refractivity contribution in [1.82, 2.24) is 4.98 Å². The molecular formula is C16H18N4O3S2. The summed E-state index contributed by atoms with van der Waals surface area (Å²) in [5.74, 6) is 0.209. The first kappa shape index (κ1) is 17.6. The van der Waals surface area contributed by atoms with E-state index in [9.17, 15) is 13.2 Å². The lowest BCUT2D eigenvalue weighted by Gasteiger charge is -2.17. The minimum absolute atomic E-state index is 0.145. The van der Waals surface area contributed by atoms with Crippen LogP contribution in [0.4, 0.5) is 10.8 Å². The minimum Gasteiger partial charge on any atom is -0.342 e. The number of hydrogen-bond donors (Lipinski definition) is 2. The topological polar surface area (TPSA) is 101 Å². The van der Waals surface area contributed by atoms with Crippen LogP contribution in [0.1, 0.15) is 29.8 Å². The maximum atomic E-state index is 12.1. The molecule has 9 heteroatoms. The molecule has 2 N–H and O–H groups in total. The highest BCUT2D eigenvalue weighted by Crippen LogP contribution is 2.27. The Morgan fingerprint density at radius 3 is 2.76 bits per heavy atom. The van der Waals surface area contributed by atoms with Crippen LogP contribution < -0.4 is 10.6 Å². The van der Waals surface area contributed by atoms with Gasteiger partial charge in [-0.25, -0.2) is 4.98 Å². The van der Waals surface area contributed by atoms with Gasteiger partial charge in [0.1, 0.15) is 10.7 Å². The fourth-order valence-electron chi connectivity index (χ4n) is 2.40. The molecule has 0 bridgehead atoms. The van der Waals surface area contributed by atoms with Gasteiger partial charge in [0, 0.05) is 17.7 Å². The van der Waals surface area contributed by atoms with Crippen molar-refractivity contribution in [3.05, 3.63) is 34.8 Å². The maximum absolute atomic E-state index is 12.1. The monoisotopic (exact) mass is 378 g/mol. The number of carbonyl (C=O) groups is 1. The summed E-state index contributed by atoms with van der Waals surface area (Å²) in [7, 11) is -3.68. The van der Waals surface area contributed by atoms with Crippen LogP contribution in [0.5, 0.6) is 0 Å². The Morgan fingerprint density at radius 1 is 1.28 bits per heavy atom. The normalized spacial score (nSPS) is 15.0. The number of aryl methyl sites for hydroxylation is 2. The van der Waals surface area contributed by atoms with Crippen molar-refractivity contribution < 1.29 is 13.2 Å². The Labute approximate surface area is 150 Å². The van der Waals surface area contributed by atoms with Crippen LogP contribution in [0, 0.1) is 13.8 Å². The highest BCUT2D eigenvalue weighted by Gasteiger charge is 2.24. The van der Waals surface area contributed by atoms with Gasteiger partial charge in [-0.1, -0.05) is 12.1 Å². The van der Waals surface area contributed by atoms with Gasteiger partial charge in [0.25, 0.3) is 10.0 Å². The van der Waals surface area contributed by atoms with E-state index in [-0.39, 0.29) is 17.2 Å². The Balaban J connectivity index is 1.56. The molecule has 0 saturated heterocycles. The van der Waals surface area contributed by atoms with E-state index in [0.717, 1.165) is 10.6 Å². The molecule has 0 spiro atoms. The van der Waals surface area contributed by atoms with Gasteiger partial charge in [0.15, 0.2) is 5.13 Å². The van der Waals surface area contributed by atoms with Crippen molar-refractivity contribution in [2.24, 2.45) is 4.40 Å². The lowest BCUT2D eigenvalue weighted by Crippen LogP contribution is -2.22. The van der Waals surface area contributed by atoms with Gasteiger partial charge in [0.2, 0.25) is 5.91 Å². The molecule has 1 aliphatic rings. The molecule has 1 aromatic heterocycles. The first-order valence-corrected chi connectivity index (χ1v) is 10.0. The third kappa shape index (κ3) is 4.05. The lowest BCUT2D eigenvalue weighted by atomic mass is 10.2. The number of fused-ring (bicyclic) bond motifs is 1. The molecule has 7 nitrogen and oxygen atoms in total. The van der Waals surface area contributed by atoms with E-state index in [4.69, 9.17) is 0 Å². The van der Waals surface area contributed by atoms with Crippen molar-refractivity contribution in [1.29, 1.82) is 0 Å². The lowest BCUT2D eigenvalue weighted by molar-refractivity contribution is -0.116. The average molecular weight is 378 g/mol. The molecule has 0 saturated carbocycles. The Morgan fingerprint density at radius 2 is 2.04 bits per heavy atom. The van der Waals surface area contributed by atoms with E-state index in [0.29, 0.717) is 29.5 Å². The summed E-state index contributed by atoms with van der Waals surface area (Å²) in [6.07, 6.45) is 1.12. The highest BCUT2D eigenvalue weighted by molar-refractivity contribution is 7.90. The Kier molecular flexibility index (Phi) is 4.87. The van der Waals surface area contributed by atoms with Crippen molar-refractivity contribution in [3.63, 3.8) is 0 Å². The van der Waals surface area contributed by atoms with E-state index in [1.807, 2.05) is 13.8 Å². The fourth-order valence-corrected chi connectivity index (χ4v) is 4.40. The summed E-state index contributed by atoms with van der Waals surface area (Å²) >= 11 is 1.44. The number of nitrogens with zero attached hydrogens (tertiary/aromatic N) is 2. The fraction of sp³-hybridized carbons (Fsp3) is 0.312. The highest BCUT2D eigenvalue weighted by atomic mass is 32.2. The number of amidine groups is 1. The Hall–Kier alpha value is -2.26. The number of hydrogen-bond acceptors (Lipinski definition) is 6. The van der Waals surface area contributed by atoms with Crippen LogP contribution in [0.2, 0.25) is 0 Å². The van der Waals surface area contributed by atoms with Gasteiger partial charge in [-0.3, -0.25) is 4.79 Å². The predicted molar refractivity (Wildman–Crippen MR) is 98.8 cm³/mol. The number of anilines is 2. The van der Waals surface area contributed by atoms with Crippen LogP contribution in [0.15, 0.2) is 33.6 Å². The molecule has 1 aromatic carbocycles. The van der Waals surface area contributed by atoms with Gasteiger partial charge < -0.3 is 10.6 Å². The number of thiazole rings is 1. The minimum atomic E-state index is -3.68. The molecule has 0 radical (unpaired) electrons. The molecule has 2 aromatic rings. The summed E-state index contributed by atoms with van der Waals surface area (Å²) in [5.41, 5.74) is 1.43. The second-order valence-corrected chi connectivity index (χ2v) is 8.47. The van der Waals surface area contributed by atoms with Crippen LogP contribution in [-0.2, 0) is 14.8 Å². The molecule has 1 aliphatic heterocycles. The standard InChI is InChI=1S/C16H18N4O3S2/c1-10-11(2)24-16(17-10)19-15(21)9-5-8-14-18-12-6-3-4-7-13(12)25(22,23)20-14/h3-4,6-7H,5,8-9H2,1-2H3,(H,18,20)(H,17,19,21). The SMILES string of the molecule is Cc1nc(NC(=O)CCCC2=NS(=O)(=O)c3ccccc3N2)sc1C. The quantitative estimate of drug-likeness (QED) is 0.833. The van der Waals surface area contributed by atoms with Crippen LogP contribution in [0.3, 0.4) is 0 Å². The Bertz CT molecular complexity index is 929. The van der Waals surface area contributed by atoms with E-state index < -0.39 is 10.0 Å². The smallest absolute Gasteiger partial charge is 0.286 e. The second kappa shape index (κ2) is 6.93. The van der Waals surface area contributed by atoms with Gasteiger partial charge in [-0.2, -0.15) is 8.42 Å². The van der Waals surface area contributed by atoms with Gasteiger partial charge in [0.05, 0.1) is 11.4 Å². The largest absolute Gasteiger partial charge is 0.342 e.